The molecule has 0 bridgehead atoms. The molecule has 0 saturated carbocycles. The highest BCUT2D eigenvalue weighted by Gasteiger charge is 2.34. The Labute approximate surface area is 163 Å². The van der Waals surface area contributed by atoms with Crippen molar-refractivity contribution in [2.24, 2.45) is 5.92 Å². The third-order valence-corrected chi connectivity index (χ3v) is 5.52. The van der Waals surface area contributed by atoms with E-state index in [1.165, 1.54) is 0 Å². The zero-order valence-electron chi connectivity index (χ0n) is 15.8. The molecular formula is C21H25N3O4. The summed E-state index contributed by atoms with van der Waals surface area (Å²) in [4.78, 5) is 29.2. The number of aromatic hydroxyl groups is 1. The number of carbonyl (C=O) groups excluding carboxylic acids is 2. The summed E-state index contributed by atoms with van der Waals surface area (Å²) in [6.07, 6.45) is 0.228. The lowest BCUT2D eigenvalue weighted by Gasteiger charge is -2.28. The number of phenolic OH excluding ortho intramolecular Hbond substituents is 1. The number of carbonyl (C=O) groups is 2. The molecule has 0 spiro atoms. The number of nitrogens with zero attached hydrogens (tertiary/aromatic N) is 2. The molecule has 28 heavy (non-hydrogen) atoms. The summed E-state index contributed by atoms with van der Waals surface area (Å²) in [7, 11) is 0. The quantitative estimate of drug-likeness (QED) is 0.821. The van der Waals surface area contributed by atoms with Gasteiger partial charge < -0.3 is 20.1 Å². The molecule has 2 aliphatic heterocycles. The van der Waals surface area contributed by atoms with E-state index in [2.05, 4.69) is 10.2 Å². The summed E-state index contributed by atoms with van der Waals surface area (Å²) in [6, 6.07) is 10.8. The van der Waals surface area contributed by atoms with Gasteiger partial charge >= 0.3 is 0 Å². The first-order valence-corrected chi connectivity index (χ1v) is 9.71. The van der Waals surface area contributed by atoms with Crippen LogP contribution in [-0.2, 0) is 14.3 Å². The molecule has 7 nitrogen and oxygen atoms in total. The van der Waals surface area contributed by atoms with E-state index >= 15 is 0 Å². The first-order chi connectivity index (χ1) is 13.6. The highest BCUT2D eigenvalue weighted by Crippen LogP contribution is 2.32. The molecule has 148 valence electrons. The predicted molar refractivity (Wildman–Crippen MR) is 106 cm³/mol. The van der Waals surface area contributed by atoms with E-state index in [1.54, 1.807) is 23.1 Å². The number of nitrogens with one attached hydrogen (secondary N) is 1. The second-order valence-electron chi connectivity index (χ2n) is 7.36. The van der Waals surface area contributed by atoms with Crippen molar-refractivity contribution in [1.29, 1.82) is 0 Å². The van der Waals surface area contributed by atoms with Crippen LogP contribution in [0, 0.1) is 5.92 Å². The van der Waals surface area contributed by atoms with Crippen LogP contribution < -0.4 is 5.32 Å². The van der Waals surface area contributed by atoms with Gasteiger partial charge in [-0.15, -0.1) is 0 Å². The van der Waals surface area contributed by atoms with Gasteiger partial charge in [-0.25, -0.2) is 0 Å². The maximum Gasteiger partial charge on any atom is 0.229 e. The van der Waals surface area contributed by atoms with E-state index in [0.29, 0.717) is 24.2 Å². The first kappa shape index (κ1) is 18.7. The van der Waals surface area contributed by atoms with Crippen molar-refractivity contribution in [3.63, 3.8) is 0 Å². The van der Waals surface area contributed by atoms with Crippen molar-refractivity contribution in [2.45, 2.75) is 6.42 Å². The van der Waals surface area contributed by atoms with E-state index < -0.39 is 0 Å². The average molecular weight is 383 g/mol. The SMILES string of the molecule is O=C(Nc1cccc2cccc(O)c12)C1CC(=O)N(CCN2CCOCC2)C1. The molecule has 0 aliphatic carbocycles. The third kappa shape index (κ3) is 3.95. The number of ether oxygens (including phenoxy) is 1. The molecule has 2 N–H and O–H groups in total. The van der Waals surface area contributed by atoms with Crippen LogP contribution in [0.15, 0.2) is 36.4 Å². The monoisotopic (exact) mass is 383 g/mol. The molecule has 4 rings (SSSR count). The molecular weight excluding hydrogens is 358 g/mol. The van der Waals surface area contributed by atoms with Crippen molar-refractivity contribution >= 4 is 28.3 Å². The highest BCUT2D eigenvalue weighted by atomic mass is 16.5. The smallest absolute Gasteiger partial charge is 0.229 e. The maximum absolute atomic E-state index is 12.8. The van der Waals surface area contributed by atoms with Crippen LogP contribution >= 0.6 is 0 Å². The summed E-state index contributed by atoms with van der Waals surface area (Å²) in [5.41, 5.74) is 0.569. The lowest BCUT2D eigenvalue weighted by molar-refractivity contribution is -0.128. The number of anilines is 1. The Morgan fingerprint density at radius 1 is 1.14 bits per heavy atom. The molecule has 2 aromatic carbocycles. The fourth-order valence-electron chi connectivity index (χ4n) is 3.91. The lowest BCUT2D eigenvalue weighted by Crippen LogP contribution is -2.42. The number of likely N-dealkylation sites (tertiary alicyclic amines) is 1. The number of rotatable bonds is 5. The second kappa shape index (κ2) is 8.16. The van der Waals surface area contributed by atoms with Crippen molar-refractivity contribution in [3.05, 3.63) is 36.4 Å². The number of fused-ring (bicyclic) bond motifs is 1. The van der Waals surface area contributed by atoms with Crippen LogP contribution in [-0.4, -0.2) is 72.7 Å². The molecule has 7 heteroatoms. The van der Waals surface area contributed by atoms with E-state index in [1.807, 2.05) is 18.2 Å². The normalized spacial score (nSPS) is 20.6. The van der Waals surface area contributed by atoms with E-state index in [4.69, 9.17) is 4.74 Å². The van der Waals surface area contributed by atoms with Gasteiger partial charge in [0.05, 0.1) is 24.8 Å². The number of hydrogen-bond acceptors (Lipinski definition) is 5. The van der Waals surface area contributed by atoms with Gasteiger partial charge in [0.1, 0.15) is 5.75 Å². The zero-order chi connectivity index (χ0) is 19.5. The van der Waals surface area contributed by atoms with Crippen LogP contribution in [0.4, 0.5) is 5.69 Å². The number of benzene rings is 2. The van der Waals surface area contributed by atoms with E-state index in [0.717, 1.165) is 38.2 Å². The number of hydrogen-bond donors (Lipinski definition) is 2. The largest absolute Gasteiger partial charge is 0.507 e. The van der Waals surface area contributed by atoms with Crippen molar-refractivity contribution in [1.82, 2.24) is 9.80 Å². The summed E-state index contributed by atoms with van der Waals surface area (Å²) in [5, 5.41) is 14.6. The fraction of sp³-hybridized carbons (Fsp3) is 0.429. The molecule has 2 aromatic rings. The summed E-state index contributed by atoms with van der Waals surface area (Å²) < 4.78 is 5.34. The molecule has 2 aliphatic rings. The Hall–Kier alpha value is -2.64. The summed E-state index contributed by atoms with van der Waals surface area (Å²) >= 11 is 0. The standard InChI is InChI=1S/C21H25N3O4/c25-18-6-2-4-15-3-1-5-17(20(15)18)22-21(27)16-13-19(26)24(14-16)8-7-23-9-11-28-12-10-23/h1-6,16,25H,7-14H2,(H,22,27). The van der Waals surface area contributed by atoms with Gasteiger partial charge in [-0.2, -0.15) is 0 Å². The minimum atomic E-state index is -0.377. The Bertz CT molecular complexity index is 874. The fourth-order valence-corrected chi connectivity index (χ4v) is 3.91. The van der Waals surface area contributed by atoms with Gasteiger partial charge in [-0.05, 0) is 17.5 Å². The van der Waals surface area contributed by atoms with E-state index in [-0.39, 0.29) is 29.9 Å². The summed E-state index contributed by atoms with van der Waals surface area (Å²) in [6.45, 7) is 5.12. The highest BCUT2D eigenvalue weighted by molar-refractivity contribution is 6.06. The van der Waals surface area contributed by atoms with Crippen LogP contribution in [0.25, 0.3) is 10.8 Å². The average Bonchev–Trinajstić information content (AvgIpc) is 3.08. The van der Waals surface area contributed by atoms with E-state index in [9.17, 15) is 14.7 Å². The zero-order valence-corrected chi connectivity index (χ0v) is 15.8. The maximum atomic E-state index is 12.8. The van der Waals surface area contributed by atoms with Crippen LogP contribution in [0.2, 0.25) is 0 Å². The Kier molecular flexibility index (Phi) is 5.45. The van der Waals surface area contributed by atoms with Crippen molar-refractivity contribution < 1.29 is 19.4 Å². The minimum absolute atomic E-state index is 0.0224. The number of phenols is 1. The van der Waals surface area contributed by atoms with Gasteiger partial charge in [-0.3, -0.25) is 14.5 Å². The van der Waals surface area contributed by atoms with Gasteiger partial charge in [0, 0.05) is 44.5 Å². The van der Waals surface area contributed by atoms with Gasteiger partial charge in [-0.1, -0.05) is 24.3 Å². The van der Waals surface area contributed by atoms with Gasteiger partial charge in [0.25, 0.3) is 0 Å². The molecule has 2 saturated heterocycles. The Balaban J connectivity index is 1.39. The lowest BCUT2D eigenvalue weighted by atomic mass is 10.1. The third-order valence-electron chi connectivity index (χ3n) is 5.52. The number of amides is 2. The van der Waals surface area contributed by atoms with Gasteiger partial charge in [0.2, 0.25) is 11.8 Å². The molecule has 2 fully saturated rings. The second-order valence-corrected chi connectivity index (χ2v) is 7.36. The minimum Gasteiger partial charge on any atom is -0.507 e. The van der Waals surface area contributed by atoms with Crippen molar-refractivity contribution in [3.8, 4) is 5.75 Å². The molecule has 1 atom stereocenters. The summed E-state index contributed by atoms with van der Waals surface area (Å²) in [5.74, 6) is -0.409. The van der Waals surface area contributed by atoms with Crippen LogP contribution in [0.5, 0.6) is 5.75 Å². The Morgan fingerprint density at radius 3 is 2.68 bits per heavy atom. The van der Waals surface area contributed by atoms with Crippen LogP contribution in [0.3, 0.4) is 0 Å². The first-order valence-electron chi connectivity index (χ1n) is 9.71. The van der Waals surface area contributed by atoms with Crippen LogP contribution in [0.1, 0.15) is 6.42 Å². The van der Waals surface area contributed by atoms with Crippen molar-refractivity contribution in [2.75, 3.05) is 51.3 Å². The molecule has 2 heterocycles. The Morgan fingerprint density at radius 2 is 1.89 bits per heavy atom. The molecule has 0 radical (unpaired) electrons. The van der Waals surface area contributed by atoms with Gasteiger partial charge in [0.15, 0.2) is 0 Å². The number of morpholine rings is 1. The molecule has 0 aromatic heterocycles. The molecule has 2 amide bonds. The topological polar surface area (TPSA) is 82.1 Å². The molecule has 1 unspecified atom stereocenters. The predicted octanol–water partition coefficient (Wildman–Crippen LogP) is 1.66.